The predicted octanol–water partition coefficient (Wildman–Crippen LogP) is 2.92. The van der Waals surface area contributed by atoms with Gasteiger partial charge in [0.15, 0.2) is 0 Å². The van der Waals surface area contributed by atoms with Gasteiger partial charge in [-0.15, -0.1) is 0 Å². The topological polar surface area (TPSA) is 32.5 Å². The molecule has 1 heterocycles. The van der Waals surface area contributed by atoms with Crippen LogP contribution in [0.5, 0.6) is 0 Å². The quantitative estimate of drug-likeness (QED) is 0.845. The Kier molecular flexibility index (Phi) is 4.38. The molecule has 0 unspecified atom stereocenters. The van der Waals surface area contributed by atoms with E-state index in [0.717, 1.165) is 44.2 Å². The van der Waals surface area contributed by atoms with Crippen molar-refractivity contribution in [3.8, 4) is 0 Å². The SMILES string of the molecule is NC(=S)CC1(CN2CCN(c3ccc(Cl)cc3)CC2)CC1. The van der Waals surface area contributed by atoms with Gasteiger partial charge in [0.05, 0.1) is 4.99 Å². The van der Waals surface area contributed by atoms with Crippen molar-refractivity contribution in [2.75, 3.05) is 37.6 Å². The lowest BCUT2D eigenvalue weighted by atomic mass is 10.0. The average molecular weight is 324 g/mol. The number of thiocarbonyl (C=S) groups is 1. The van der Waals surface area contributed by atoms with Crippen LogP contribution in [0.25, 0.3) is 0 Å². The molecule has 1 aromatic rings. The van der Waals surface area contributed by atoms with Gasteiger partial charge in [0.1, 0.15) is 0 Å². The van der Waals surface area contributed by atoms with Crippen LogP contribution in [-0.2, 0) is 0 Å². The van der Waals surface area contributed by atoms with Gasteiger partial charge in [-0.3, -0.25) is 4.90 Å². The van der Waals surface area contributed by atoms with E-state index in [1.54, 1.807) is 0 Å². The maximum absolute atomic E-state index is 5.95. The van der Waals surface area contributed by atoms with Gasteiger partial charge in [0.25, 0.3) is 0 Å². The molecule has 1 aliphatic carbocycles. The van der Waals surface area contributed by atoms with Crippen LogP contribution in [0.15, 0.2) is 24.3 Å². The van der Waals surface area contributed by atoms with E-state index in [4.69, 9.17) is 29.6 Å². The van der Waals surface area contributed by atoms with E-state index in [9.17, 15) is 0 Å². The number of piperazine rings is 1. The van der Waals surface area contributed by atoms with Crippen LogP contribution >= 0.6 is 23.8 Å². The van der Waals surface area contributed by atoms with Gasteiger partial charge in [-0.1, -0.05) is 23.8 Å². The Bertz CT molecular complexity index is 505. The highest BCUT2D eigenvalue weighted by atomic mass is 35.5. The molecule has 1 aliphatic heterocycles. The zero-order valence-electron chi connectivity index (χ0n) is 12.2. The van der Waals surface area contributed by atoms with E-state index in [1.807, 2.05) is 12.1 Å². The molecule has 0 amide bonds. The van der Waals surface area contributed by atoms with Crippen molar-refractivity contribution in [1.29, 1.82) is 0 Å². The van der Waals surface area contributed by atoms with E-state index >= 15 is 0 Å². The molecule has 0 spiro atoms. The molecular weight excluding hydrogens is 302 g/mol. The Morgan fingerprint density at radius 2 is 1.76 bits per heavy atom. The molecule has 1 saturated heterocycles. The summed E-state index contributed by atoms with van der Waals surface area (Å²) in [4.78, 5) is 5.67. The number of hydrogen-bond acceptors (Lipinski definition) is 3. The number of benzene rings is 1. The van der Waals surface area contributed by atoms with Gasteiger partial charge in [-0.25, -0.2) is 0 Å². The molecule has 0 bridgehead atoms. The van der Waals surface area contributed by atoms with Crippen LogP contribution in [0.3, 0.4) is 0 Å². The van der Waals surface area contributed by atoms with Crippen molar-refractivity contribution in [3.05, 3.63) is 29.3 Å². The average Bonchev–Trinajstić information content (AvgIpc) is 3.19. The molecule has 0 radical (unpaired) electrons. The second-order valence-electron chi connectivity index (χ2n) is 6.38. The minimum absolute atomic E-state index is 0.397. The van der Waals surface area contributed by atoms with Gasteiger partial charge in [0.2, 0.25) is 0 Å². The van der Waals surface area contributed by atoms with E-state index in [-0.39, 0.29) is 0 Å². The van der Waals surface area contributed by atoms with Gasteiger partial charge < -0.3 is 10.6 Å². The lowest BCUT2D eigenvalue weighted by molar-refractivity contribution is 0.211. The second-order valence-corrected chi connectivity index (χ2v) is 7.34. The zero-order chi connectivity index (χ0) is 14.9. The Labute approximate surface area is 137 Å². The van der Waals surface area contributed by atoms with E-state index < -0.39 is 0 Å². The predicted molar refractivity (Wildman–Crippen MR) is 93.2 cm³/mol. The van der Waals surface area contributed by atoms with Crippen LogP contribution in [0.1, 0.15) is 19.3 Å². The Hall–Kier alpha value is -0.840. The first-order valence-corrected chi connectivity index (χ1v) is 8.36. The molecule has 3 rings (SSSR count). The van der Waals surface area contributed by atoms with Crippen molar-refractivity contribution in [2.45, 2.75) is 19.3 Å². The first-order chi connectivity index (χ1) is 10.1. The number of rotatable bonds is 5. The molecule has 1 aromatic carbocycles. The Morgan fingerprint density at radius 1 is 1.14 bits per heavy atom. The first kappa shape index (κ1) is 15.1. The normalized spacial score (nSPS) is 21.3. The number of nitrogens with zero attached hydrogens (tertiary/aromatic N) is 2. The first-order valence-electron chi connectivity index (χ1n) is 7.58. The van der Waals surface area contributed by atoms with Gasteiger partial charge in [0, 0.05) is 49.9 Å². The van der Waals surface area contributed by atoms with Crippen LogP contribution in [-0.4, -0.2) is 42.6 Å². The van der Waals surface area contributed by atoms with Crippen molar-refractivity contribution in [3.63, 3.8) is 0 Å². The van der Waals surface area contributed by atoms with Crippen LogP contribution in [0.2, 0.25) is 5.02 Å². The van der Waals surface area contributed by atoms with Crippen LogP contribution in [0.4, 0.5) is 5.69 Å². The smallest absolute Gasteiger partial charge is 0.0733 e. The number of halogens is 1. The lowest BCUT2D eigenvalue weighted by Crippen LogP contribution is -2.48. The minimum Gasteiger partial charge on any atom is -0.393 e. The summed E-state index contributed by atoms with van der Waals surface area (Å²) in [7, 11) is 0. The fraction of sp³-hybridized carbons (Fsp3) is 0.562. The fourth-order valence-electron chi connectivity index (χ4n) is 3.23. The molecule has 21 heavy (non-hydrogen) atoms. The molecule has 2 N–H and O–H groups in total. The van der Waals surface area contributed by atoms with Gasteiger partial charge in [-0.2, -0.15) is 0 Å². The van der Waals surface area contributed by atoms with E-state index in [2.05, 4.69) is 21.9 Å². The van der Waals surface area contributed by atoms with Crippen LogP contribution < -0.4 is 10.6 Å². The summed E-state index contributed by atoms with van der Waals surface area (Å²) in [5.74, 6) is 0. The summed E-state index contributed by atoms with van der Waals surface area (Å²) >= 11 is 11.0. The third-order valence-electron chi connectivity index (χ3n) is 4.63. The summed E-state index contributed by atoms with van der Waals surface area (Å²) < 4.78 is 0. The molecular formula is C16H22ClN3S. The Morgan fingerprint density at radius 3 is 2.29 bits per heavy atom. The zero-order valence-corrected chi connectivity index (χ0v) is 13.8. The van der Waals surface area contributed by atoms with E-state index in [0.29, 0.717) is 10.4 Å². The van der Waals surface area contributed by atoms with Crippen LogP contribution in [0, 0.1) is 5.41 Å². The summed E-state index contributed by atoms with van der Waals surface area (Å²) in [6.07, 6.45) is 3.48. The summed E-state index contributed by atoms with van der Waals surface area (Å²) in [5, 5.41) is 0.797. The summed E-state index contributed by atoms with van der Waals surface area (Å²) in [5.41, 5.74) is 7.39. The third kappa shape index (κ3) is 3.87. The summed E-state index contributed by atoms with van der Waals surface area (Å²) in [6, 6.07) is 8.13. The van der Waals surface area contributed by atoms with Gasteiger partial charge >= 0.3 is 0 Å². The number of nitrogens with two attached hydrogens (primary N) is 1. The Balaban J connectivity index is 1.51. The second kappa shape index (κ2) is 6.11. The highest BCUT2D eigenvalue weighted by Gasteiger charge is 2.44. The van der Waals surface area contributed by atoms with Crippen molar-refractivity contribution in [1.82, 2.24) is 4.90 Å². The van der Waals surface area contributed by atoms with Crippen molar-refractivity contribution in [2.24, 2.45) is 11.1 Å². The minimum atomic E-state index is 0.397. The van der Waals surface area contributed by atoms with Crippen molar-refractivity contribution < 1.29 is 0 Å². The molecule has 0 atom stereocenters. The van der Waals surface area contributed by atoms with Crippen molar-refractivity contribution >= 4 is 34.5 Å². The maximum atomic E-state index is 5.95. The standard InChI is InChI=1S/C16H22ClN3S/c17-13-1-3-14(4-2-13)20-9-7-19(8-10-20)12-16(5-6-16)11-15(18)21/h1-4H,5-12H2,(H2,18,21). The number of hydrogen-bond donors (Lipinski definition) is 1. The van der Waals surface area contributed by atoms with E-state index in [1.165, 1.54) is 18.5 Å². The van der Waals surface area contributed by atoms with Gasteiger partial charge in [-0.05, 0) is 42.5 Å². The number of anilines is 1. The monoisotopic (exact) mass is 323 g/mol. The highest BCUT2D eigenvalue weighted by molar-refractivity contribution is 7.80. The molecule has 2 aliphatic rings. The molecule has 2 fully saturated rings. The molecule has 3 nitrogen and oxygen atoms in total. The fourth-order valence-corrected chi connectivity index (χ4v) is 3.66. The molecule has 0 aromatic heterocycles. The largest absolute Gasteiger partial charge is 0.393 e. The molecule has 1 saturated carbocycles. The third-order valence-corrected chi connectivity index (χ3v) is 5.03. The highest BCUT2D eigenvalue weighted by Crippen LogP contribution is 2.49. The maximum Gasteiger partial charge on any atom is 0.0733 e. The molecule has 114 valence electrons. The molecule has 5 heteroatoms. The summed E-state index contributed by atoms with van der Waals surface area (Å²) in [6.45, 7) is 5.53. The lowest BCUT2D eigenvalue weighted by Gasteiger charge is -2.37.